The summed E-state index contributed by atoms with van der Waals surface area (Å²) in [4.78, 5) is 30.0. The minimum atomic E-state index is -0.795. The van der Waals surface area contributed by atoms with E-state index in [1.165, 1.54) is 60.9 Å². The van der Waals surface area contributed by atoms with Gasteiger partial charge in [-0.2, -0.15) is 9.78 Å². The minimum Gasteiger partial charge on any atom is -0.470 e. The molecule has 14 heteroatoms. The Labute approximate surface area is 235 Å². The number of aromatic nitrogens is 5. The van der Waals surface area contributed by atoms with Crippen molar-refractivity contribution in [2.24, 2.45) is 0 Å². The number of benzene rings is 2. The third-order valence-corrected chi connectivity index (χ3v) is 6.61. The van der Waals surface area contributed by atoms with E-state index in [-0.39, 0.29) is 34.3 Å². The topological polar surface area (TPSA) is 156 Å². The van der Waals surface area contributed by atoms with Gasteiger partial charge >= 0.3 is 0 Å². The molecule has 3 aromatic heterocycles. The van der Waals surface area contributed by atoms with Gasteiger partial charge in [0, 0.05) is 36.8 Å². The van der Waals surface area contributed by atoms with Crippen LogP contribution in [0.5, 0.6) is 17.4 Å². The summed E-state index contributed by atoms with van der Waals surface area (Å²) in [6, 6.07) is 11.6. The van der Waals surface area contributed by atoms with E-state index in [2.05, 4.69) is 30.9 Å². The van der Waals surface area contributed by atoms with Crippen LogP contribution in [0.3, 0.4) is 0 Å². The molecule has 1 saturated heterocycles. The summed E-state index contributed by atoms with van der Waals surface area (Å²) in [7, 11) is 0. The Hall–Kier alpha value is -5.21. The molecule has 0 aliphatic carbocycles. The van der Waals surface area contributed by atoms with Crippen LogP contribution in [-0.4, -0.2) is 61.3 Å². The lowest BCUT2D eigenvalue weighted by Gasteiger charge is -2.28. The molecule has 0 bridgehead atoms. The van der Waals surface area contributed by atoms with Crippen LogP contribution in [0.25, 0.3) is 16.7 Å². The molecule has 1 amide bonds. The standard InChI is InChI=1S/C28H23F2N7O5/c29-15-1-4-17(5-2-15)37-28(40)18(7-12-33-37)26(39)34-16-3-6-21(19(30)13-16)41-23-9-11-32-25-24(23)27(36-35-25)42-22-8-10-31-14-20(22)38/h1-7,9,11-13,20,22,31,38H,8,10,14H2,(H,34,39)(H,32,35,36)/t20-,22+/m0/s1. The van der Waals surface area contributed by atoms with E-state index in [4.69, 9.17) is 9.47 Å². The van der Waals surface area contributed by atoms with Gasteiger partial charge < -0.3 is 25.2 Å². The number of aliphatic hydroxyl groups is 1. The van der Waals surface area contributed by atoms with Gasteiger partial charge in [0.05, 0.1) is 5.69 Å². The number of carbonyl (C=O) groups excluding carboxylic acids is 1. The molecule has 42 heavy (non-hydrogen) atoms. The molecule has 0 spiro atoms. The van der Waals surface area contributed by atoms with Gasteiger partial charge in [-0.25, -0.2) is 13.8 Å². The zero-order chi connectivity index (χ0) is 29.2. The van der Waals surface area contributed by atoms with Gasteiger partial charge in [0.25, 0.3) is 11.5 Å². The zero-order valence-electron chi connectivity index (χ0n) is 21.8. The minimum absolute atomic E-state index is 0.0708. The number of aliphatic hydroxyl groups excluding tert-OH is 1. The number of anilines is 1. The van der Waals surface area contributed by atoms with Crippen molar-refractivity contribution in [1.29, 1.82) is 0 Å². The average molecular weight is 576 g/mol. The first-order valence-electron chi connectivity index (χ1n) is 12.9. The van der Waals surface area contributed by atoms with Crippen LogP contribution in [0.2, 0.25) is 0 Å². The number of piperidine rings is 1. The smallest absolute Gasteiger partial charge is 0.284 e. The molecule has 12 nitrogen and oxygen atoms in total. The number of hydrogen-bond acceptors (Lipinski definition) is 9. The summed E-state index contributed by atoms with van der Waals surface area (Å²) >= 11 is 0. The quantitative estimate of drug-likeness (QED) is 0.229. The van der Waals surface area contributed by atoms with Gasteiger partial charge in [0.15, 0.2) is 17.2 Å². The second-order valence-electron chi connectivity index (χ2n) is 9.42. The molecule has 2 aromatic carbocycles. The van der Waals surface area contributed by atoms with E-state index < -0.39 is 35.3 Å². The van der Waals surface area contributed by atoms with Crippen LogP contribution in [0.1, 0.15) is 16.8 Å². The first kappa shape index (κ1) is 27.0. The van der Waals surface area contributed by atoms with E-state index in [0.29, 0.717) is 30.5 Å². The molecule has 2 atom stereocenters. The molecule has 4 N–H and O–H groups in total. The van der Waals surface area contributed by atoms with Gasteiger partial charge in [-0.3, -0.25) is 14.7 Å². The van der Waals surface area contributed by atoms with E-state index >= 15 is 4.39 Å². The van der Waals surface area contributed by atoms with E-state index in [0.717, 1.165) is 10.7 Å². The average Bonchev–Trinajstić information content (AvgIpc) is 3.40. The van der Waals surface area contributed by atoms with Crippen molar-refractivity contribution in [1.82, 2.24) is 30.3 Å². The summed E-state index contributed by atoms with van der Waals surface area (Å²) in [6.45, 7) is 1.06. The van der Waals surface area contributed by atoms with Crippen LogP contribution in [0.4, 0.5) is 14.5 Å². The number of H-pyrrole nitrogens is 1. The van der Waals surface area contributed by atoms with E-state index in [1.807, 2.05) is 0 Å². The number of fused-ring (bicyclic) bond motifs is 1. The molecule has 1 aliphatic rings. The molecule has 1 aliphatic heterocycles. The Morgan fingerprint density at radius 2 is 1.90 bits per heavy atom. The maximum atomic E-state index is 15.1. The largest absolute Gasteiger partial charge is 0.470 e. The molecular formula is C28H23F2N7O5. The van der Waals surface area contributed by atoms with Crippen LogP contribution >= 0.6 is 0 Å². The first-order valence-corrected chi connectivity index (χ1v) is 12.9. The third-order valence-electron chi connectivity index (χ3n) is 6.61. The molecular weight excluding hydrogens is 552 g/mol. The molecule has 0 saturated carbocycles. The number of nitrogens with zero attached hydrogens (tertiary/aromatic N) is 4. The number of pyridine rings is 1. The van der Waals surface area contributed by atoms with Crippen LogP contribution in [0.15, 0.2) is 71.8 Å². The summed E-state index contributed by atoms with van der Waals surface area (Å²) < 4.78 is 41.2. The van der Waals surface area contributed by atoms with Gasteiger partial charge in [0.2, 0.25) is 5.88 Å². The highest BCUT2D eigenvalue weighted by Gasteiger charge is 2.27. The summed E-state index contributed by atoms with van der Waals surface area (Å²) in [6.07, 6.45) is 2.05. The predicted molar refractivity (Wildman–Crippen MR) is 146 cm³/mol. The van der Waals surface area contributed by atoms with Gasteiger partial charge in [-0.1, -0.05) is 0 Å². The summed E-state index contributed by atoms with van der Waals surface area (Å²) in [5, 5.41) is 27.0. The Bertz CT molecular complexity index is 1830. The van der Waals surface area contributed by atoms with Crippen molar-refractivity contribution in [3.05, 3.63) is 94.5 Å². The number of halogens is 2. The third kappa shape index (κ3) is 5.40. The molecule has 6 rings (SSSR count). The highest BCUT2D eigenvalue weighted by atomic mass is 19.1. The number of nitrogens with one attached hydrogen (secondary N) is 3. The number of amides is 1. The Balaban J connectivity index is 1.21. The number of carbonyl (C=O) groups is 1. The number of ether oxygens (including phenoxy) is 2. The number of aromatic amines is 1. The van der Waals surface area contributed by atoms with Crippen molar-refractivity contribution in [3.8, 4) is 23.1 Å². The van der Waals surface area contributed by atoms with Crippen molar-refractivity contribution in [3.63, 3.8) is 0 Å². The molecule has 0 unspecified atom stereocenters. The number of hydrogen-bond donors (Lipinski definition) is 4. The van der Waals surface area contributed by atoms with Crippen molar-refractivity contribution < 1.29 is 28.2 Å². The maximum Gasteiger partial charge on any atom is 0.284 e. The van der Waals surface area contributed by atoms with E-state index in [1.54, 1.807) is 0 Å². The number of β-amino-alcohol motifs (C(OH)–C–C–N with tert-alkyl or cyclic N) is 1. The lowest BCUT2D eigenvalue weighted by Crippen LogP contribution is -2.46. The zero-order valence-corrected chi connectivity index (χ0v) is 21.8. The number of rotatable bonds is 7. The second-order valence-corrected chi connectivity index (χ2v) is 9.42. The fourth-order valence-electron chi connectivity index (χ4n) is 4.49. The summed E-state index contributed by atoms with van der Waals surface area (Å²) in [5.74, 6) is -1.86. The van der Waals surface area contributed by atoms with Gasteiger partial charge in [-0.15, -0.1) is 5.10 Å². The SMILES string of the molecule is O=C(Nc1ccc(Oc2ccnc3[nH]nc(O[C@@H]4CCNC[C@@H]4O)c23)c(F)c1)c1ccnn(-c2ccc(F)cc2)c1=O. The highest BCUT2D eigenvalue weighted by Crippen LogP contribution is 2.36. The molecule has 214 valence electrons. The van der Waals surface area contributed by atoms with Crippen molar-refractivity contribution in [2.45, 2.75) is 18.6 Å². The normalized spacial score (nSPS) is 16.7. The highest BCUT2D eigenvalue weighted by molar-refractivity contribution is 6.04. The molecule has 0 radical (unpaired) electrons. The van der Waals surface area contributed by atoms with Gasteiger partial charge in [0.1, 0.15) is 34.7 Å². The lowest BCUT2D eigenvalue weighted by atomic mass is 10.1. The fraction of sp³-hybridized carbons (Fsp3) is 0.179. The molecule has 1 fully saturated rings. The molecule has 4 heterocycles. The monoisotopic (exact) mass is 575 g/mol. The Morgan fingerprint density at radius 3 is 2.69 bits per heavy atom. The summed E-state index contributed by atoms with van der Waals surface area (Å²) in [5.41, 5.74) is -0.299. The Kier molecular flexibility index (Phi) is 7.29. The van der Waals surface area contributed by atoms with Gasteiger partial charge in [-0.05, 0) is 55.4 Å². The van der Waals surface area contributed by atoms with Crippen LogP contribution in [-0.2, 0) is 0 Å². The predicted octanol–water partition coefficient (Wildman–Crippen LogP) is 2.93. The second kappa shape index (κ2) is 11.3. The lowest BCUT2D eigenvalue weighted by molar-refractivity contribution is 0.0145. The van der Waals surface area contributed by atoms with Crippen molar-refractivity contribution >= 4 is 22.6 Å². The maximum absolute atomic E-state index is 15.1. The fourth-order valence-corrected chi connectivity index (χ4v) is 4.49. The van der Waals surface area contributed by atoms with Crippen molar-refractivity contribution in [2.75, 3.05) is 18.4 Å². The van der Waals surface area contributed by atoms with Crippen LogP contribution < -0.4 is 25.7 Å². The molecule has 5 aromatic rings. The van der Waals surface area contributed by atoms with E-state index in [9.17, 15) is 19.1 Å². The van der Waals surface area contributed by atoms with Crippen LogP contribution in [0, 0.1) is 11.6 Å². The Morgan fingerprint density at radius 1 is 1.07 bits per heavy atom. The first-order chi connectivity index (χ1) is 20.4.